The monoisotopic (exact) mass is 911 g/mol. The van der Waals surface area contributed by atoms with Crippen LogP contribution in [0.4, 0.5) is 10.1 Å². The highest BCUT2D eigenvalue weighted by molar-refractivity contribution is 6.03. The van der Waals surface area contributed by atoms with Gasteiger partial charge in [-0.3, -0.25) is 4.79 Å². The van der Waals surface area contributed by atoms with Crippen molar-refractivity contribution >= 4 is 11.6 Å². The molecule has 7 aromatic carbocycles. The van der Waals surface area contributed by atoms with Gasteiger partial charge in [0.1, 0.15) is 36.0 Å². The molecular weight excluding hydrogens is 854 g/mol. The second-order valence-corrected chi connectivity index (χ2v) is 17.7. The first kappa shape index (κ1) is 46.6. The Hall–Kier alpha value is -6.46. The zero-order chi connectivity index (χ0) is 46.5. The number of nitrogens with zero attached hydrogens (tertiary/aromatic N) is 1. The Kier molecular flexibility index (Phi) is 15.8. The van der Waals surface area contributed by atoms with Crippen molar-refractivity contribution in [3.63, 3.8) is 0 Å². The van der Waals surface area contributed by atoms with Crippen LogP contribution in [0.15, 0.2) is 194 Å². The Bertz CT molecular complexity index is 2600. The van der Waals surface area contributed by atoms with Gasteiger partial charge in [-0.15, -0.1) is 0 Å². The molecule has 0 spiro atoms. The molecule has 1 amide bonds. The molecule has 7 atom stereocenters. The van der Waals surface area contributed by atoms with Crippen LogP contribution in [-0.2, 0) is 67.7 Å². The lowest BCUT2D eigenvalue weighted by Crippen LogP contribution is -2.61. The molecule has 0 radical (unpaired) electrons. The van der Waals surface area contributed by atoms with E-state index in [0.29, 0.717) is 39.3 Å². The van der Waals surface area contributed by atoms with Crippen molar-refractivity contribution in [2.45, 2.75) is 88.7 Å². The minimum Gasteiger partial charge on any atom is -0.508 e. The standard InChI is InChI=1S/C59H58FNO7/c60-49-30-26-42(27-31-49)22-13-23-52-55(61(59(52)63)50-32-34-51(62)35-33-50)48-28-24-43(25-29-48)36-53-56(65-38-45-16-7-2-8-17-45)58(67-40-47-20-11-4-12-21-47)57(66-39-46-18-9-3-10-19-46)54(68-53)41-64-37-44-14-5-1-6-15-44/h1-12,14-21,24-35,52-58,62H,13,22-23,36-41H2. The quantitative estimate of drug-likeness (QED) is 0.0719. The number of benzene rings is 7. The van der Waals surface area contributed by atoms with Gasteiger partial charge < -0.3 is 33.7 Å². The SMILES string of the molecule is O=C1C(CCCc2ccc(F)cc2)C(c2ccc(CC3OC(COCc4ccccc4)C(OCc4ccccc4)C(OCc4ccccc4)C3OCc3ccccc3)cc2)N1c1ccc(O)cc1. The maximum Gasteiger partial charge on any atom is 0.233 e. The van der Waals surface area contributed by atoms with Crippen LogP contribution in [-0.4, -0.2) is 48.1 Å². The fourth-order valence-electron chi connectivity index (χ4n) is 9.42. The Balaban J connectivity index is 1.00. The number of carbonyl (C=O) groups is 1. The smallest absolute Gasteiger partial charge is 0.233 e. The van der Waals surface area contributed by atoms with Crippen LogP contribution in [0.3, 0.4) is 0 Å². The second-order valence-electron chi connectivity index (χ2n) is 17.7. The number of aryl methyl sites for hydroxylation is 1. The molecule has 348 valence electrons. The Morgan fingerprint density at radius 3 is 1.54 bits per heavy atom. The summed E-state index contributed by atoms with van der Waals surface area (Å²) in [7, 11) is 0. The Labute approximate surface area is 398 Å². The third-order valence-electron chi connectivity index (χ3n) is 13.0. The average Bonchev–Trinajstić information content (AvgIpc) is 3.38. The summed E-state index contributed by atoms with van der Waals surface area (Å²) in [6.07, 6.45) is 0.142. The number of ether oxygens (including phenoxy) is 5. The number of hydrogen-bond acceptors (Lipinski definition) is 7. The molecule has 0 bridgehead atoms. The molecule has 7 aromatic rings. The number of phenolic OH excluding ortho intramolecular Hbond substituents is 1. The lowest BCUT2D eigenvalue weighted by Gasteiger charge is -2.48. The minimum absolute atomic E-state index is 0.0454. The third-order valence-corrected chi connectivity index (χ3v) is 13.0. The summed E-state index contributed by atoms with van der Waals surface area (Å²) >= 11 is 0. The number of hydrogen-bond donors (Lipinski definition) is 1. The van der Waals surface area contributed by atoms with Gasteiger partial charge in [-0.1, -0.05) is 158 Å². The number of amides is 1. The fourth-order valence-corrected chi connectivity index (χ4v) is 9.42. The van der Waals surface area contributed by atoms with E-state index in [2.05, 4.69) is 72.8 Å². The molecular formula is C59H58FNO7. The van der Waals surface area contributed by atoms with Crippen LogP contribution in [0.25, 0.3) is 0 Å². The van der Waals surface area contributed by atoms with Crippen molar-refractivity contribution in [3.8, 4) is 5.75 Å². The normalized spacial score (nSPS) is 21.3. The van der Waals surface area contributed by atoms with Gasteiger partial charge in [0.05, 0.1) is 51.1 Å². The first-order valence-corrected chi connectivity index (χ1v) is 23.6. The molecule has 2 saturated heterocycles. The van der Waals surface area contributed by atoms with Crippen molar-refractivity contribution in [3.05, 3.63) is 239 Å². The van der Waals surface area contributed by atoms with Crippen molar-refractivity contribution in [2.24, 2.45) is 5.92 Å². The van der Waals surface area contributed by atoms with Gasteiger partial charge in [0.2, 0.25) is 5.91 Å². The van der Waals surface area contributed by atoms with E-state index >= 15 is 0 Å². The fraction of sp³-hybridized carbons (Fsp3) is 0.271. The van der Waals surface area contributed by atoms with Crippen molar-refractivity contribution < 1.29 is 38.0 Å². The zero-order valence-electron chi connectivity index (χ0n) is 38.1. The Morgan fingerprint density at radius 2 is 1.00 bits per heavy atom. The summed E-state index contributed by atoms with van der Waals surface area (Å²) in [5.74, 6) is -0.313. The van der Waals surface area contributed by atoms with Gasteiger partial charge in [0.25, 0.3) is 0 Å². The number of halogens is 1. The number of β-lactam (4-membered cyclic amide) rings is 1. The van der Waals surface area contributed by atoms with Crippen LogP contribution in [0.1, 0.15) is 57.8 Å². The predicted octanol–water partition coefficient (Wildman–Crippen LogP) is 11.5. The maximum atomic E-state index is 13.9. The van der Waals surface area contributed by atoms with Crippen LogP contribution < -0.4 is 4.90 Å². The van der Waals surface area contributed by atoms with Gasteiger partial charge >= 0.3 is 0 Å². The van der Waals surface area contributed by atoms with Crippen LogP contribution >= 0.6 is 0 Å². The largest absolute Gasteiger partial charge is 0.508 e. The van der Waals surface area contributed by atoms with E-state index < -0.39 is 30.5 Å². The predicted molar refractivity (Wildman–Crippen MR) is 261 cm³/mol. The van der Waals surface area contributed by atoms with Crippen molar-refractivity contribution in [1.82, 2.24) is 0 Å². The third kappa shape index (κ3) is 12.0. The van der Waals surface area contributed by atoms with Gasteiger partial charge in [-0.25, -0.2) is 4.39 Å². The van der Waals surface area contributed by atoms with Crippen molar-refractivity contribution in [1.29, 1.82) is 0 Å². The summed E-state index contributed by atoms with van der Waals surface area (Å²) < 4.78 is 48.1. The van der Waals surface area contributed by atoms with E-state index in [-0.39, 0.29) is 36.0 Å². The molecule has 2 aliphatic rings. The highest BCUT2D eigenvalue weighted by atomic mass is 19.1. The lowest BCUT2D eigenvalue weighted by molar-refractivity contribution is -0.272. The zero-order valence-corrected chi connectivity index (χ0v) is 38.1. The molecule has 9 rings (SSSR count). The summed E-state index contributed by atoms with van der Waals surface area (Å²) in [6.45, 7) is 1.74. The summed E-state index contributed by atoms with van der Waals surface area (Å²) in [4.78, 5) is 15.7. The molecule has 0 aromatic heterocycles. The Morgan fingerprint density at radius 1 is 0.515 bits per heavy atom. The van der Waals surface area contributed by atoms with Crippen LogP contribution in [0.2, 0.25) is 0 Å². The van der Waals surface area contributed by atoms with Gasteiger partial charge in [-0.05, 0) is 94.6 Å². The molecule has 2 heterocycles. The molecule has 68 heavy (non-hydrogen) atoms. The van der Waals surface area contributed by atoms with Gasteiger partial charge in [0.15, 0.2) is 0 Å². The van der Waals surface area contributed by atoms with E-state index in [1.54, 1.807) is 36.4 Å². The number of aromatic hydroxyl groups is 1. The first-order valence-electron chi connectivity index (χ1n) is 23.6. The number of phenols is 1. The molecule has 9 heteroatoms. The molecule has 2 fully saturated rings. The summed E-state index contributed by atoms with van der Waals surface area (Å²) in [5.41, 5.74) is 8.00. The highest BCUT2D eigenvalue weighted by Crippen LogP contribution is 2.46. The second kappa shape index (κ2) is 23.0. The van der Waals surface area contributed by atoms with E-state index in [1.807, 2.05) is 77.7 Å². The molecule has 2 aliphatic heterocycles. The van der Waals surface area contributed by atoms with Crippen LogP contribution in [0.5, 0.6) is 5.75 Å². The molecule has 8 nitrogen and oxygen atoms in total. The minimum atomic E-state index is -0.545. The van der Waals surface area contributed by atoms with E-state index in [1.165, 1.54) is 12.1 Å². The molecule has 0 saturated carbocycles. The van der Waals surface area contributed by atoms with E-state index in [9.17, 15) is 14.3 Å². The van der Waals surface area contributed by atoms with E-state index in [0.717, 1.165) is 57.5 Å². The first-order chi connectivity index (χ1) is 33.4. The molecule has 1 N–H and O–H groups in total. The number of anilines is 1. The molecule has 7 unspecified atom stereocenters. The van der Waals surface area contributed by atoms with Gasteiger partial charge in [-0.2, -0.15) is 0 Å². The number of rotatable bonds is 21. The summed E-state index contributed by atoms with van der Waals surface area (Å²) in [6, 6.07) is 62.2. The van der Waals surface area contributed by atoms with Crippen molar-refractivity contribution in [2.75, 3.05) is 11.5 Å². The highest BCUT2D eigenvalue weighted by Gasteiger charge is 2.50. The average molecular weight is 912 g/mol. The molecule has 0 aliphatic carbocycles. The van der Waals surface area contributed by atoms with E-state index in [4.69, 9.17) is 23.7 Å². The topological polar surface area (TPSA) is 86.7 Å². The van der Waals surface area contributed by atoms with Crippen LogP contribution in [0, 0.1) is 11.7 Å². The lowest BCUT2D eigenvalue weighted by atomic mass is 9.78. The maximum absolute atomic E-state index is 13.9. The van der Waals surface area contributed by atoms with Gasteiger partial charge in [0, 0.05) is 12.1 Å². The summed E-state index contributed by atoms with van der Waals surface area (Å²) in [5, 5.41) is 10.1. The number of carbonyl (C=O) groups excluding carboxylic acids is 1.